The van der Waals surface area contributed by atoms with E-state index >= 15 is 0 Å². The molecule has 0 N–H and O–H groups in total. The largest absolute Gasteiger partial charge is 0.423 e. The zero-order chi connectivity index (χ0) is 19.4. The highest BCUT2D eigenvalue weighted by molar-refractivity contribution is 7.87. The lowest BCUT2D eigenvalue weighted by Crippen LogP contribution is -2.25. The second-order valence-electron chi connectivity index (χ2n) is 6.59. The zero-order valence-corrected chi connectivity index (χ0v) is 16.8. The molecule has 0 amide bonds. The van der Waals surface area contributed by atoms with E-state index in [0.717, 1.165) is 0 Å². The van der Waals surface area contributed by atoms with Crippen molar-refractivity contribution in [3.8, 4) is 0 Å². The molecule has 3 aromatic carbocycles. The van der Waals surface area contributed by atoms with Crippen molar-refractivity contribution in [3.05, 3.63) is 103 Å². The van der Waals surface area contributed by atoms with Crippen molar-refractivity contribution in [1.82, 2.24) is 10.2 Å². The van der Waals surface area contributed by atoms with Gasteiger partial charge in [0.25, 0.3) is 0 Å². The van der Waals surface area contributed by atoms with Gasteiger partial charge in [-0.05, 0) is 6.92 Å². The molecule has 28 heavy (non-hydrogen) atoms. The maximum atomic E-state index is 5.70. The van der Waals surface area contributed by atoms with E-state index in [2.05, 4.69) is 83.0 Å². The summed E-state index contributed by atoms with van der Waals surface area (Å²) in [4.78, 5) is 0. The Balaban J connectivity index is 2.05. The van der Waals surface area contributed by atoms with Crippen LogP contribution in [-0.4, -0.2) is 10.2 Å². The first-order valence-corrected chi connectivity index (χ1v) is 11.0. The third kappa shape index (κ3) is 3.44. The molecule has 0 radical (unpaired) electrons. The molecule has 4 rings (SSSR count). The quantitative estimate of drug-likeness (QED) is 0.470. The summed E-state index contributed by atoms with van der Waals surface area (Å²) in [5.41, 5.74) is 0. The minimum absolute atomic E-state index is 0.227. The minimum Gasteiger partial charge on any atom is -0.423 e. The summed E-state index contributed by atoms with van der Waals surface area (Å²) < 4.78 is 11.1. The molecule has 0 aliphatic rings. The monoisotopic (exact) mass is 387 g/mol. The smallest absolute Gasteiger partial charge is 0.240 e. The number of nitrogens with zero attached hydrogens (tertiary/aromatic N) is 3. The minimum atomic E-state index is -2.27. The summed E-state index contributed by atoms with van der Waals surface area (Å²) in [5, 5.41) is 11.8. The van der Waals surface area contributed by atoms with Gasteiger partial charge in [-0.1, -0.05) is 91.0 Å². The van der Waals surface area contributed by atoms with Crippen LogP contribution in [0.4, 0.5) is 0 Å². The predicted octanol–water partition coefficient (Wildman–Crippen LogP) is 4.62. The number of hydrogen-bond donors (Lipinski definition) is 0. The molecule has 0 aliphatic heterocycles. The first-order chi connectivity index (χ1) is 13.7. The Bertz CT molecular complexity index is 989. The van der Waals surface area contributed by atoms with Gasteiger partial charge in [0, 0.05) is 22.8 Å². The molecule has 0 saturated carbocycles. The van der Waals surface area contributed by atoms with E-state index < -0.39 is 7.05 Å². The topological polar surface area (TPSA) is 51.3 Å². The molecule has 140 valence electrons. The van der Waals surface area contributed by atoms with Gasteiger partial charge in [0.15, 0.2) is 0 Å². The fraction of sp³-hybridized carbons (Fsp3) is 0.130. The van der Waals surface area contributed by atoms with E-state index in [-0.39, 0.29) is 6.04 Å². The van der Waals surface area contributed by atoms with Gasteiger partial charge in [-0.3, -0.25) is 4.74 Å². The summed E-state index contributed by atoms with van der Waals surface area (Å²) in [6.45, 7) is 3.83. The summed E-state index contributed by atoms with van der Waals surface area (Å²) in [5.74, 6) is 1.10. The lowest BCUT2D eigenvalue weighted by Gasteiger charge is -2.28. The Morgan fingerprint density at radius 1 is 0.714 bits per heavy atom. The maximum Gasteiger partial charge on any atom is 0.240 e. The van der Waals surface area contributed by atoms with Gasteiger partial charge < -0.3 is 4.42 Å². The highest BCUT2D eigenvalue weighted by Gasteiger charge is 2.29. The van der Waals surface area contributed by atoms with E-state index in [9.17, 15) is 0 Å². The molecule has 0 saturated heterocycles. The summed E-state index contributed by atoms with van der Waals surface area (Å²) in [6.07, 6.45) is 0. The normalized spacial score (nSPS) is 12.5. The van der Waals surface area contributed by atoms with E-state index in [1.807, 2.05) is 25.1 Å². The number of hydrogen-bond acceptors (Lipinski definition) is 4. The second-order valence-corrected chi connectivity index (χ2v) is 9.64. The first-order valence-electron chi connectivity index (χ1n) is 9.28. The third-order valence-corrected chi connectivity index (χ3v) is 8.46. The molecule has 0 spiro atoms. The van der Waals surface area contributed by atoms with Crippen molar-refractivity contribution >= 4 is 23.0 Å². The van der Waals surface area contributed by atoms with Crippen molar-refractivity contribution < 1.29 is 4.42 Å². The molecule has 0 fully saturated rings. The fourth-order valence-electron chi connectivity index (χ4n) is 3.37. The Morgan fingerprint density at radius 3 is 1.50 bits per heavy atom. The van der Waals surface area contributed by atoms with Crippen LogP contribution in [0.15, 0.2) is 100 Å². The van der Waals surface area contributed by atoms with Crippen molar-refractivity contribution in [2.75, 3.05) is 0 Å². The Kier molecular flexibility index (Phi) is 5.23. The SMILES string of the molecule is Cc1nnc(C(C)N=P(c2ccccc2)(c2ccccc2)c2ccccc2)o1. The van der Waals surface area contributed by atoms with E-state index in [1.165, 1.54) is 15.9 Å². The van der Waals surface area contributed by atoms with E-state index in [4.69, 9.17) is 9.16 Å². The van der Waals surface area contributed by atoms with Crippen LogP contribution < -0.4 is 15.9 Å². The Hall–Kier alpha value is -2.97. The van der Waals surface area contributed by atoms with Crippen LogP contribution >= 0.6 is 7.05 Å². The van der Waals surface area contributed by atoms with Gasteiger partial charge in [-0.25, -0.2) is 0 Å². The molecular formula is C23H22N3OP. The van der Waals surface area contributed by atoms with Crippen LogP contribution in [-0.2, 0) is 0 Å². The molecule has 1 aromatic heterocycles. The summed E-state index contributed by atoms with van der Waals surface area (Å²) in [6, 6.07) is 31.4. The lowest BCUT2D eigenvalue weighted by molar-refractivity contribution is 0.444. The van der Waals surface area contributed by atoms with Crippen molar-refractivity contribution in [1.29, 1.82) is 0 Å². The standard InChI is InChI=1S/C23H22N3OP/c1-18(23-25-24-19(2)27-23)26-28(20-12-6-3-7-13-20,21-14-8-4-9-15-21)22-16-10-5-11-17-22/h3-18H,1-2H3. The Labute approximate surface area is 165 Å². The van der Waals surface area contributed by atoms with Gasteiger partial charge >= 0.3 is 0 Å². The number of rotatable bonds is 5. The van der Waals surface area contributed by atoms with Gasteiger partial charge in [0.1, 0.15) is 6.04 Å². The van der Waals surface area contributed by atoms with Gasteiger partial charge in [-0.15, -0.1) is 10.2 Å². The average molecular weight is 387 g/mol. The van der Waals surface area contributed by atoms with Crippen LogP contribution in [0.5, 0.6) is 0 Å². The van der Waals surface area contributed by atoms with Crippen molar-refractivity contribution in [2.45, 2.75) is 19.9 Å². The highest BCUT2D eigenvalue weighted by atomic mass is 31.2. The fourth-order valence-corrected chi connectivity index (χ4v) is 7.09. The lowest BCUT2D eigenvalue weighted by atomic mass is 10.4. The van der Waals surface area contributed by atoms with Gasteiger partial charge in [-0.2, -0.15) is 0 Å². The van der Waals surface area contributed by atoms with Crippen LogP contribution in [0.3, 0.4) is 0 Å². The number of benzene rings is 3. The number of aromatic nitrogens is 2. The maximum absolute atomic E-state index is 5.70. The molecule has 5 heteroatoms. The van der Waals surface area contributed by atoms with E-state index in [0.29, 0.717) is 11.8 Å². The first kappa shape index (κ1) is 18.4. The molecule has 0 aliphatic carbocycles. The van der Waals surface area contributed by atoms with Crippen molar-refractivity contribution in [3.63, 3.8) is 0 Å². The van der Waals surface area contributed by atoms with Crippen LogP contribution in [0.25, 0.3) is 0 Å². The zero-order valence-electron chi connectivity index (χ0n) is 15.9. The van der Waals surface area contributed by atoms with E-state index in [1.54, 1.807) is 6.92 Å². The predicted molar refractivity (Wildman–Crippen MR) is 115 cm³/mol. The van der Waals surface area contributed by atoms with Crippen molar-refractivity contribution in [2.24, 2.45) is 4.74 Å². The molecule has 1 atom stereocenters. The molecule has 0 bridgehead atoms. The van der Waals surface area contributed by atoms with Crippen LogP contribution in [0.2, 0.25) is 0 Å². The highest BCUT2D eigenvalue weighted by Crippen LogP contribution is 2.48. The molecule has 4 nitrogen and oxygen atoms in total. The Morgan fingerprint density at radius 2 is 1.14 bits per heavy atom. The summed E-state index contributed by atoms with van der Waals surface area (Å²) in [7, 11) is -2.27. The molecule has 1 unspecified atom stereocenters. The average Bonchev–Trinajstić information content (AvgIpc) is 3.20. The number of aryl methyl sites for hydroxylation is 1. The van der Waals surface area contributed by atoms with Crippen LogP contribution in [0.1, 0.15) is 24.7 Å². The van der Waals surface area contributed by atoms with Gasteiger partial charge in [0.2, 0.25) is 11.8 Å². The molecule has 4 aromatic rings. The van der Waals surface area contributed by atoms with Gasteiger partial charge in [0.05, 0.1) is 7.05 Å². The summed E-state index contributed by atoms with van der Waals surface area (Å²) >= 11 is 0. The molecule has 1 heterocycles. The third-order valence-electron chi connectivity index (χ3n) is 4.64. The molecular weight excluding hydrogens is 365 g/mol. The second kappa shape index (κ2) is 7.95. The van der Waals surface area contributed by atoms with Crippen LogP contribution in [0, 0.1) is 6.92 Å².